The van der Waals surface area contributed by atoms with Gasteiger partial charge in [0.05, 0.1) is 6.61 Å². The Balaban J connectivity index is 2.33. The summed E-state index contributed by atoms with van der Waals surface area (Å²) in [6.45, 7) is 5.71. The van der Waals surface area contributed by atoms with Crippen molar-refractivity contribution in [2.45, 2.75) is 51.6 Å². The Bertz CT molecular complexity index is 446. The van der Waals surface area contributed by atoms with E-state index in [1.54, 1.807) is 6.07 Å². The SMILES string of the molecule is CCNC(C)c1cc(F)ccc1N(CCO)C1CCCC1. The lowest BCUT2D eigenvalue weighted by molar-refractivity contribution is 0.297. The number of nitrogens with one attached hydrogen (secondary N) is 1. The fraction of sp³-hybridized carbons (Fsp3) is 0.647. The lowest BCUT2D eigenvalue weighted by Crippen LogP contribution is -2.37. The van der Waals surface area contributed by atoms with Gasteiger partial charge in [0.2, 0.25) is 0 Å². The molecule has 0 saturated heterocycles. The molecule has 3 nitrogen and oxygen atoms in total. The molecule has 0 heterocycles. The van der Waals surface area contributed by atoms with E-state index in [0.717, 1.165) is 30.6 Å². The van der Waals surface area contributed by atoms with Crippen molar-refractivity contribution in [3.8, 4) is 0 Å². The van der Waals surface area contributed by atoms with Crippen LogP contribution in [0.3, 0.4) is 0 Å². The van der Waals surface area contributed by atoms with Gasteiger partial charge in [0, 0.05) is 24.3 Å². The Morgan fingerprint density at radius 2 is 2.10 bits per heavy atom. The van der Waals surface area contributed by atoms with Crippen LogP contribution in [0.2, 0.25) is 0 Å². The highest BCUT2D eigenvalue weighted by atomic mass is 19.1. The Kier molecular flexibility index (Phi) is 6.00. The van der Waals surface area contributed by atoms with Crippen LogP contribution in [0.15, 0.2) is 18.2 Å². The molecule has 4 heteroatoms. The molecule has 1 unspecified atom stereocenters. The summed E-state index contributed by atoms with van der Waals surface area (Å²) in [6.07, 6.45) is 4.80. The minimum atomic E-state index is -0.200. The number of rotatable bonds is 7. The van der Waals surface area contributed by atoms with E-state index >= 15 is 0 Å². The molecule has 0 aromatic heterocycles. The highest BCUT2D eigenvalue weighted by molar-refractivity contribution is 5.56. The summed E-state index contributed by atoms with van der Waals surface area (Å²) in [7, 11) is 0. The summed E-state index contributed by atoms with van der Waals surface area (Å²) in [5.74, 6) is -0.200. The minimum Gasteiger partial charge on any atom is -0.395 e. The number of aliphatic hydroxyl groups is 1. The number of halogens is 1. The van der Waals surface area contributed by atoms with Crippen molar-refractivity contribution in [3.05, 3.63) is 29.6 Å². The first kappa shape index (κ1) is 16.2. The topological polar surface area (TPSA) is 35.5 Å². The van der Waals surface area contributed by atoms with Gasteiger partial charge in [-0.1, -0.05) is 19.8 Å². The van der Waals surface area contributed by atoms with Crippen molar-refractivity contribution < 1.29 is 9.50 Å². The molecule has 2 rings (SSSR count). The van der Waals surface area contributed by atoms with Crippen LogP contribution in [-0.2, 0) is 0 Å². The molecule has 0 radical (unpaired) electrons. The zero-order valence-electron chi connectivity index (χ0n) is 13.1. The summed E-state index contributed by atoms with van der Waals surface area (Å²) in [5.41, 5.74) is 2.04. The molecular formula is C17H27FN2O. The fourth-order valence-electron chi connectivity index (χ4n) is 3.37. The van der Waals surface area contributed by atoms with Gasteiger partial charge < -0.3 is 15.3 Å². The molecule has 1 aromatic carbocycles. The van der Waals surface area contributed by atoms with E-state index in [2.05, 4.69) is 24.1 Å². The zero-order chi connectivity index (χ0) is 15.2. The largest absolute Gasteiger partial charge is 0.395 e. The lowest BCUT2D eigenvalue weighted by atomic mass is 10.0. The van der Waals surface area contributed by atoms with E-state index in [9.17, 15) is 9.50 Å². The van der Waals surface area contributed by atoms with Gasteiger partial charge in [0.15, 0.2) is 0 Å². The maximum absolute atomic E-state index is 13.7. The monoisotopic (exact) mass is 294 g/mol. The Morgan fingerprint density at radius 3 is 2.71 bits per heavy atom. The zero-order valence-corrected chi connectivity index (χ0v) is 13.1. The average molecular weight is 294 g/mol. The van der Waals surface area contributed by atoms with E-state index in [-0.39, 0.29) is 18.5 Å². The smallest absolute Gasteiger partial charge is 0.123 e. The highest BCUT2D eigenvalue weighted by Crippen LogP contribution is 2.33. The Hall–Kier alpha value is -1.13. The van der Waals surface area contributed by atoms with E-state index < -0.39 is 0 Å². The van der Waals surface area contributed by atoms with Crippen molar-refractivity contribution in [3.63, 3.8) is 0 Å². The van der Waals surface area contributed by atoms with Gasteiger partial charge in [-0.2, -0.15) is 0 Å². The van der Waals surface area contributed by atoms with E-state index in [0.29, 0.717) is 12.6 Å². The quantitative estimate of drug-likeness (QED) is 0.810. The second kappa shape index (κ2) is 7.76. The molecule has 1 atom stereocenters. The van der Waals surface area contributed by atoms with E-state index in [1.165, 1.54) is 18.9 Å². The number of anilines is 1. The first-order chi connectivity index (χ1) is 10.2. The maximum Gasteiger partial charge on any atom is 0.123 e. The van der Waals surface area contributed by atoms with Gasteiger partial charge >= 0.3 is 0 Å². The van der Waals surface area contributed by atoms with Crippen LogP contribution in [0.4, 0.5) is 10.1 Å². The van der Waals surface area contributed by atoms with Gasteiger partial charge in [0.1, 0.15) is 5.82 Å². The first-order valence-electron chi connectivity index (χ1n) is 8.07. The lowest BCUT2D eigenvalue weighted by Gasteiger charge is -2.33. The third-order valence-corrected chi connectivity index (χ3v) is 4.38. The molecule has 0 aliphatic heterocycles. The van der Waals surface area contributed by atoms with Crippen LogP contribution >= 0.6 is 0 Å². The van der Waals surface area contributed by atoms with Gasteiger partial charge in [-0.05, 0) is 50.1 Å². The predicted molar refractivity (Wildman–Crippen MR) is 85.2 cm³/mol. The van der Waals surface area contributed by atoms with Crippen LogP contribution in [0.1, 0.15) is 51.1 Å². The summed E-state index contributed by atoms with van der Waals surface area (Å²) < 4.78 is 13.7. The molecule has 118 valence electrons. The van der Waals surface area contributed by atoms with Gasteiger partial charge in [0.25, 0.3) is 0 Å². The summed E-state index contributed by atoms with van der Waals surface area (Å²) in [4.78, 5) is 2.27. The predicted octanol–water partition coefficient (Wildman–Crippen LogP) is 3.24. The summed E-state index contributed by atoms with van der Waals surface area (Å²) in [5, 5.41) is 12.8. The van der Waals surface area contributed by atoms with Gasteiger partial charge in [-0.25, -0.2) is 4.39 Å². The third kappa shape index (κ3) is 3.95. The molecule has 0 amide bonds. The molecule has 1 aliphatic carbocycles. The second-order valence-corrected chi connectivity index (χ2v) is 5.84. The highest BCUT2D eigenvalue weighted by Gasteiger charge is 2.25. The van der Waals surface area contributed by atoms with Crippen LogP contribution in [0, 0.1) is 5.82 Å². The molecule has 1 aromatic rings. The molecule has 2 N–H and O–H groups in total. The molecule has 0 bridgehead atoms. The van der Waals surface area contributed by atoms with Crippen molar-refractivity contribution in [2.24, 2.45) is 0 Å². The van der Waals surface area contributed by atoms with Crippen molar-refractivity contribution >= 4 is 5.69 Å². The van der Waals surface area contributed by atoms with Crippen LogP contribution < -0.4 is 10.2 Å². The Labute approximate surface area is 127 Å². The molecular weight excluding hydrogens is 267 g/mol. The number of nitrogens with zero attached hydrogens (tertiary/aromatic N) is 1. The van der Waals surface area contributed by atoms with Crippen molar-refractivity contribution in [2.75, 3.05) is 24.6 Å². The Morgan fingerprint density at radius 1 is 1.38 bits per heavy atom. The number of hydrogen-bond donors (Lipinski definition) is 2. The standard InChI is InChI=1S/C17H27FN2O/c1-3-19-13(2)16-12-14(18)8-9-17(16)20(10-11-21)15-6-4-5-7-15/h8-9,12-13,15,19,21H,3-7,10-11H2,1-2H3. The minimum absolute atomic E-state index is 0.100. The molecule has 1 fully saturated rings. The number of hydrogen-bond acceptors (Lipinski definition) is 3. The molecule has 1 saturated carbocycles. The normalized spacial score (nSPS) is 17.1. The fourth-order valence-corrected chi connectivity index (χ4v) is 3.37. The van der Waals surface area contributed by atoms with Gasteiger partial charge in [-0.15, -0.1) is 0 Å². The average Bonchev–Trinajstić information content (AvgIpc) is 2.99. The van der Waals surface area contributed by atoms with Gasteiger partial charge in [-0.3, -0.25) is 0 Å². The third-order valence-electron chi connectivity index (χ3n) is 4.38. The van der Waals surface area contributed by atoms with Crippen LogP contribution in [0.5, 0.6) is 0 Å². The molecule has 0 spiro atoms. The summed E-state index contributed by atoms with van der Waals surface area (Å²) >= 11 is 0. The first-order valence-corrected chi connectivity index (χ1v) is 8.07. The molecule has 21 heavy (non-hydrogen) atoms. The van der Waals surface area contributed by atoms with Crippen molar-refractivity contribution in [1.82, 2.24) is 5.32 Å². The summed E-state index contributed by atoms with van der Waals surface area (Å²) in [6, 6.07) is 5.59. The molecule has 1 aliphatic rings. The van der Waals surface area contributed by atoms with E-state index in [4.69, 9.17) is 0 Å². The van der Waals surface area contributed by atoms with Crippen LogP contribution in [-0.4, -0.2) is 30.8 Å². The maximum atomic E-state index is 13.7. The number of aliphatic hydroxyl groups excluding tert-OH is 1. The number of benzene rings is 1. The second-order valence-electron chi connectivity index (χ2n) is 5.84. The van der Waals surface area contributed by atoms with E-state index in [1.807, 2.05) is 6.07 Å². The van der Waals surface area contributed by atoms with Crippen molar-refractivity contribution in [1.29, 1.82) is 0 Å². The van der Waals surface area contributed by atoms with Crippen LogP contribution in [0.25, 0.3) is 0 Å².